The van der Waals surface area contributed by atoms with Crippen LogP contribution in [0.15, 0.2) is 12.5 Å². The van der Waals surface area contributed by atoms with Gasteiger partial charge in [-0.25, -0.2) is 4.98 Å². The molecule has 0 spiro atoms. The minimum absolute atomic E-state index is 0. The van der Waals surface area contributed by atoms with Gasteiger partial charge in [-0.2, -0.15) is 0 Å². The van der Waals surface area contributed by atoms with Crippen molar-refractivity contribution in [1.82, 2.24) is 20.2 Å². The zero-order valence-corrected chi connectivity index (χ0v) is 11.2. The van der Waals surface area contributed by atoms with Crippen LogP contribution < -0.4 is 5.32 Å². The van der Waals surface area contributed by atoms with Crippen LogP contribution in [-0.4, -0.2) is 41.0 Å². The van der Waals surface area contributed by atoms with Gasteiger partial charge in [0.15, 0.2) is 0 Å². The summed E-state index contributed by atoms with van der Waals surface area (Å²) >= 11 is 0. The van der Waals surface area contributed by atoms with Crippen molar-refractivity contribution in [3.63, 3.8) is 0 Å². The van der Waals surface area contributed by atoms with Crippen molar-refractivity contribution in [3.8, 4) is 0 Å². The predicted octanol–water partition coefficient (Wildman–Crippen LogP) is 1.65. The normalized spacial score (nSPS) is 10.8. The number of halogens is 1. The Balaban J connectivity index is 0.00000225. The number of rotatable bonds is 7. The number of aromatic amines is 1. The van der Waals surface area contributed by atoms with E-state index in [1.54, 1.807) is 6.33 Å². The number of aromatic nitrogens is 2. The lowest BCUT2D eigenvalue weighted by atomic mass is 10.3. The van der Waals surface area contributed by atoms with Gasteiger partial charge in [0.05, 0.1) is 6.33 Å². The summed E-state index contributed by atoms with van der Waals surface area (Å²) in [6.07, 6.45) is 4.75. The Morgan fingerprint density at radius 1 is 1.50 bits per heavy atom. The Morgan fingerprint density at radius 3 is 2.81 bits per heavy atom. The van der Waals surface area contributed by atoms with E-state index in [0.29, 0.717) is 6.04 Å². The summed E-state index contributed by atoms with van der Waals surface area (Å²) < 4.78 is 0. The van der Waals surface area contributed by atoms with Gasteiger partial charge in [0.2, 0.25) is 0 Å². The van der Waals surface area contributed by atoms with Crippen molar-refractivity contribution in [2.45, 2.75) is 32.9 Å². The van der Waals surface area contributed by atoms with Gasteiger partial charge in [0, 0.05) is 24.5 Å². The third-order valence-electron chi connectivity index (χ3n) is 2.62. The molecule has 0 aliphatic rings. The van der Waals surface area contributed by atoms with Gasteiger partial charge < -0.3 is 15.2 Å². The SMILES string of the molecule is CC(C)N(C)CCCNCc1cnc[nH]1.Cl. The highest BCUT2D eigenvalue weighted by molar-refractivity contribution is 5.85. The summed E-state index contributed by atoms with van der Waals surface area (Å²) in [4.78, 5) is 9.40. The molecule has 0 saturated heterocycles. The Bertz CT molecular complexity index is 248. The Hall–Kier alpha value is -0.580. The first-order chi connectivity index (χ1) is 7.20. The largest absolute Gasteiger partial charge is 0.347 e. The zero-order valence-electron chi connectivity index (χ0n) is 10.4. The maximum absolute atomic E-state index is 3.97. The van der Waals surface area contributed by atoms with Gasteiger partial charge in [-0.1, -0.05) is 0 Å². The fourth-order valence-electron chi connectivity index (χ4n) is 1.32. The smallest absolute Gasteiger partial charge is 0.0922 e. The molecule has 0 bridgehead atoms. The molecule has 16 heavy (non-hydrogen) atoms. The fraction of sp³-hybridized carbons (Fsp3) is 0.727. The minimum Gasteiger partial charge on any atom is -0.347 e. The number of hydrogen-bond donors (Lipinski definition) is 2. The molecule has 0 aliphatic carbocycles. The van der Waals surface area contributed by atoms with Crippen LogP contribution in [0.1, 0.15) is 26.0 Å². The molecule has 1 aromatic rings. The predicted molar refractivity (Wildman–Crippen MR) is 69.9 cm³/mol. The molecule has 0 atom stereocenters. The lowest BCUT2D eigenvalue weighted by molar-refractivity contribution is 0.269. The highest BCUT2D eigenvalue weighted by Crippen LogP contribution is 1.95. The van der Waals surface area contributed by atoms with Crippen molar-refractivity contribution in [3.05, 3.63) is 18.2 Å². The maximum Gasteiger partial charge on any atom is 0.0922 e. The minimum atomic E-state index is 0. The Kier molecular flexibility index (Phi) is 8.25. The first kappa shape index (κ1) is 15.4. The van der Waals surface area contributed by atoms with Crippen molar-refractivity contribution in [1.29, 1.82) is 0 Å². The molecule has 0 fully saturated rings. The van der Waals surface area contributed by atoms with Gasteiger partial charge in [-0.15, -0.1) is 12.4 Å². The number of hydrogen-bond acceptors (Lipinski definition) is 3. The highest BCUT2D eigenvalue weighted by atomic mass is 35.5. The summed E-state index contributed by atoms with van der Waals surface area (Å²) in [5.74, 6) is 0. The number of H-pyrrole nitrogens is 1. The van der Waals surface area contributed by atoms with Gasteiger partial charge in [-0.3, -0.25) is 0 Å². The van der Waals surface area contributed by atoms with Crippen molar-refractivity contribution in [2.24, 2.45) is 0 Å². The van der Waals surface area contributed by atoms with E-state index in [1.807, 2.05) is 6.20 Å². The molecule has 1 heterocycles. The van der Waals surface area contributed by atoms with Crippen LogP contribution in [0.25, 0.3) is 0 Å². The quantitative estimate of drug-likeness (QED) is 0.720. The summed E-state index contributed by atoms with van der Waals surface area (Å²) in [6.45, 7) is 7.52. The van der Waals surface area contributed by atoms with E-state index >= 15 is 0 Å². The van der Waals surface area contributed by atoms with E-state index < -0.39 is 0 Å². The van der Waals surface area contributed by atoms with Crippen molar-refractivity contribution < 1.29 is 0 Å². The van der Waals surface area contributed by atoms with Gasteiger partial charge in [0.25, 0.3) is 0 Å². The van der Waals surface area contributed by atoms with Crippen LogP contribution in [0, 0.1) is 0 Å². The molecule has 94 valence electrons. The zero-order chi connectivity index (χ0) is 11.1. The van der Waals surface area contributed by atoms with E-state index in [-0.39, 0.29) is 12.4 Å². The van der Waals surface area contributed by atoms with E-state index in [1.165, 1.54) is 6.42 Å². The molecule has 1 aromatic heterocycles. The summed E-state index contributed by atoms with van der Waals surface area (Å²) in [5, 5.41) is 3.38. The molecular formula is C11H23ClN4. The van der Waals surface area contributed by atoms with Crippen LogP contribution in [-0.2, 0) is 6.54 Å². The molecule has 4 nitrogen and oxygen atoms in total. The standard InChI is InChI=1S/C11H22N4.ClH/c1-10(2)15(3)6-4-5-12-7-11-8-13-9-14-11;/h8-10,12H,4-7H2,1-3H3,(H,13,14);1H. The van der Waals surface area contributed by atoms with Gasteiger partial charge in [-0.05, 0) is 40.4 Å². The van der Waals surface area contributed by atoms with Gasteiger partial charge in [0.1, 0.15) is 0 Å². The van der Waals surface area contributed by atoms with E-state index in [9.17, 15) is 0 Å². The molecule has 0 unspecified atom stereocenters. The molecule has 0 aliphatic heterocycles. The van der Waals surface area contributed by atoms with Gasteiger partial charge >= 0.3 is 0 Å². The molecular weight excluding hydrogens is 224 g/mol. The average molecular weight is 247 g/mol. The van der Waals surface area contributed by atoms with E-state index in [0.717, 1.165) is 25.3 Å². The second-order valence-corrected chi connectivity index (χ2v) is 4.18. The van der Waals surface area contributed by atoms with E-state index in [4.69, 9.17) is 0 Å². The number of imidazole rings is 1. The molecule has 0 aromatic carbocycles. The monoisotopic (exact) mass is 246 g/mol. The summed E-state index contributed by atoms with van der Waals surface area (Å²) in [7, 11) is 2.17. The highest BCUT2D eigenvalue weighted by Gasteiger charge is 2.01. The molecule has 5 heteroatoms. The number of nitrogens with one attached hydrogen (secondary N) is 2. The topological polar surface area (TPSA) is 44.0 Å². The van der Waals surface area contributed by atoms with Crippen LogP contribution in [0.4, 0.5) is 0 Å². The van der Waals surface area contributed by atoms with Crippen LogP contribution in [0.3, 0.4) is 0 Å². The fourth-order valence-corrected chi connectivity index (χ4v) is 1.32. The molecule has 0 amide bonds. The summed E-state index contributed by atoms with van der Waals surface area (Å²) in [6, 6.07) is 0.637. The summed E-state index contributed by atoms with van der Waals surface area (Å²) in [5.41, 5.74) is 1.15. The molecule has 2 N–H and O–H groups in total. The lowest BCUT2D eigenvalue weighted by Gasteiger charge is -2.20. The van der Waals surface area contributed by atoms with Crippen LogP contribution >= 0.6 is 12.4 Å². The number of nitrogens with zero attached hydrogens (tertiary/aromatic N) is 2. The Morgan fingerprint density at radius 2 is 2.25 bits per heavy atom. The van der Waals surface area contributed by atoms with Crippen molar-refractivity contribution in [2.75, 3.05) is 20.1 Å². The van der Waals surface area contributed by atoms with Crippen LogP contribution in [0.2, 0.25) is 0 Å². The van der Waals surface area contributed by atoms with Crippen LogP contribution in [0.5, 0.6) is 0 Å². The third-order valence-corrected chi connectivity index (χ3v) is 2.62. The first-order valence-electron chi connectivity index (χ1n) is 5.58. The van der Waals surface area contributed by atoms with E-state index in [2.05, 4.69) is 41.1 Å². The second kappa shape index (κ2) is 8.56. The lowest BCUT2D eigenvalue weighted by Crippen LogP contribution is -2.29. The molecule has 0 saturated carbocycles. The average Bonchev–Trinajstić information content (AvgIpc) is 2.69. The maximum atomic E-state index is 3.97. The Labute approximate surface area is 104 Å². The third kappa shape index (κ3) is 6.10. The molecule has 0 radical (unpaired) electrons. The first-order valence-corrected chi connectivity index (χ1v) is 5.58. The van der Waals surface area contributed by atoms with Crippen molar-refractivity contribution >= 4 is 12.4 Å². The second-order valence-electron chi connectivity index (χ2n) is 4.18. The molecule has 1 rings (SSSR count).